The average Bonchev–Trinajstić information content (AvgIpc) is 3.27. The van der Waals surface area contributed by atoms with Gasteiger partial charge in [0.15, 0.2) is 21.8 Å². The summed E-state index contributed by atoms with van der Waals surface area (Å²) in [4.78, 5) is 20.3. The lowest BCUT2D eigenvalue weighted by molar-refractivity contribution is -0.0383. The first-order valence-corrected chi connectivity index (χ1v) is 19.0. The molecule has 0 N–H and O–H groups in total. The molecule has 1 unspecified atom stereocenters. The van der Waals surface area contributed by atoms with Gasteiger partial charge in [-0.15, -0.1) is 0 Å². The molecule has 2 aromatic rings. The maximum Gasteiger partial charge on any atom is 0.372 e. The van der Waals surface area contributed by atoms with Crippen LogP contribution >= 0.6 is 11.8 Å². The lowest BCUT2D eigenvalue weighted by Gasteiger charge is -2.40. The van der Waals surface area contributed by atoms with E-state index in [1.54, 1.807) is 0 Å². The van der Waals surface area contributed by atoms with Gasteiger partial charge < -0.3 is 13.6 Å². The van der Waals surface area contributed by atoms with Crippen molar-refractivity contribution >= 4 is 34.2 Å². The molecule has 3 atom stereocenters. The van der Waals surface area contributed by atoms with Gasteiger partial charge in [0, 0.05) is 18.8 Å². The topological polar surface area (TPSA) is 79.9 Å². The Kier molecular flexibility index (Phi) is 7.69. The fourth-order valence-electron chi connectivity index (χ4n) is 3.48. The van der Waals surface area contributed by atoms with Crippen LogP contribution in [0.15, 0.2) is 22.3 Å². The van der Waals surface area contributed by atoms with Crippen molar-refractivity contribution in [2.75, 3.05) is 12.9 Å². The summed E-state index contributed by atoms with van der Waals surface area (Å²) < 4.78 is 23.8. The molecule has 1 saturated heterocycles. The molecule has 1 aliphatic rings. The van der Waals surface area contributed by atoms with Crippen LogP contribution in [0.1, 0.15) is 54.2 Å². The van der Waals surface area contributed by atoms with Gasteiger partial charge in [0.2, 0.25) is 5.78 Å². The summed E-state index contributed by atoms with van der Waals surface area (Å²) in [6.45, 7) is 23.0. The Balaban J connectivity index is 1.92. The van der Waals surface area contributed by atoms with Gasteiger partial charge in [0.25, 0.3) is 0 Å². The lowest BCUT2D eigenvalue weighted by Crippen LogP contribution is -2.48. The zero-order chi connectivity index (χ0) is 25.7. The van der Waals surface area contributed by atoms with Crippen molar-refractivity contribution in [3.05, 3.63) is 22.9 Å². The second-order valence-corrected chi connectivity index (χ2v) is 22.6. The molecule has 34 heavy (non-hydrogen) atoms. The third-order valence-electron chi connectivity index (χ3n) is 7.76. The van der Waals surface area contributed by atoms with E-state index in [1.165, 1.54) is 11.8 Å². The largest absolute Gasteiger partial charge is 0.414 e. The lowest BCUT2D eigenvalue weighted by atomic mass is 10.2. The zero-order valence-corrected chi connectivity index (χ0v) is 25.4. The van der Waals surface area contributed by atoms with E-state index < -0.39 is 22.3 Å². The Hall–Kier alpha value is -0.986. The van der Waals surface area contributed by atoms with E-state index in [0.29, 0.717) is 24.0 Å². The van der Waals surface area contributed by atoms with Gasteiger partial charge in [0.05, 0.1) is 12.7 Å². The molecular formula is C23H42N4O4SSi2. The van der Waals surface area contributed by atoms with Crippen LogP contribution in [0.5, 0.6) is 0 Å². The molecule has 0 aromatic carbocycles. The number of nitrogens with zero attached hydrogens (tertiary/aromatic N) is 4. The first kappa shape index (κ1) is 27.6. The highest BCUT2D eigenvalue weighted by Gasteiger charge is 2.46. The monoisotopic (exact) mass is 526 g/mol. The summed E-state index contributed by atoms with van der Waals surface area (Å²) in [6, 6.07) is 0. The molecule has 0 radical (unpaired) electrons. The second kappa shape index (κ2) is 9.47. The minimum absolute atomic E-state index is 0.0872. The molecule has 1 aliphatic heterocycles. The summed E-state index contributed by atoms with van der Waals surface area (Å²) in [5, 5.41) is 0.812. The normalized spacial score (nSPS) is 22.6. The molecule has 192 valence electrons. The number of aromatic nitrogens is 4. The molecule has 8 nitrogen and oxygen atoms in total. The predicted octanol–water partition coefficient (Wildman–Crippen LogP) is 5.31. The quantitative estimate of drug-likeness (QED) is 0.357. The minimum atomic E-state index is -2.03. The van der Waals surface area contributed by atoms with Crippen LogP contribution in [0.2, 0.25) is 36.3 Å². The molecule has 3 heterocycles. The van der Waals surface area contributed by atoms with Crippen LogP contribution < -0.4 is 5.69 Å². The van der Waals surface area contributed by atoms with Crippen molar-refractivity contribution < 1.29 is 13.6 Å². The average molecular weight is 527 g/mol. The van der Waals surface area contributed by atoms with Crippen molar-refractivity contribution in [3.8, 4) is 0 Å². The minimum Gasteiger partial charge on any atom is -0.414 e. The van der Waals surface area contributed by atoms with Crippen molar-refractivity contribution in [2.45, 2.75) is 108 Å². The van der Waals surface area contributed by atoms with Crippen LogP contribution in [0.4, 0.5) is 0 Å². The van der Waals surface area contributed by atoms with E-state index in [-0.39, 0.29) is 28.5 Å². The number of hydrogen-bond donors (Lipinski definition) is 0. The van der Waals surface area contributed by atoms with E-state index in [2.05, 4.69) is 77.7 Å². The van der Waals surface area contributed by atoms with E-state index in [4.69, 9.17) is 13.6 Å². The van der Waals surface area contributed by atoms with Crippen molar-refractivity contribution in [2.24, 2.45) is 0 Å². The summed E-state index contributed by atoms with van der Waals surface area (Å²) in [6.07, 6.45) is 5.79. The maximum atomic E-state index is 12.1. The Labute approximate surface area is 210 Å². The fourth-order valence-corrected chi connectivity index (χ4v) is 6.36. The number of thioether (sulfide) groups is 1. The van der Waals surface area contributed by atoms with E-state index in [9.17, 15) is 4.79 Å². The third kappa shape index (κ3) is 5.54. The van der Waals surface area contributed by atoms with Crippen molar-refractivity contribution in [3.63, 3.8) is 0 Å². The molecule has 1 fully saturated rings. The molecule has 0 spiro atoms. The number of rotatable bonds is 7. The van der Waals surface area contributed by atoms with Crippen LogP contribution in [0, 0.1) is 0 Å². The summed E-state index contributed by atoms with van der Waals surface area (Å²) >= 11 is 1.42. The van der Waals surface area contributed by atoms with E-state index in [1.807, 2.05) is 27.6 Å². The van der Waals surface area contributed by atoms with E-state index >= 15 is 0 Å². The smallest absolute Gasteiger partial charge is 0.372 e. The van der Waals surface area contributed by atoms with Crippen LogP contribution in [-0.4, -0.2) is 60.6 Å². The Morgan fingerprint density at radius 2 is 1.68 bits per heavy atom. The Morgan fingerprint density at radius 1 is 1.06 bits per heavy atom. The van der Waals surface area contributed by atoms with Gasteiger partial charge in [-0.2, -0.15) is 9.97 Å². The van der Waals surface area contributed by atoms with Crippen LogP contribution in [-0.2, 0) is 13.6 Å². The van der Waals surface area contributed by atoms with Gasteiger partial charge in [-0.05, 0) is 42.5 Å². The fraction of sp³-hybridized carbons (Fsp3) is 0.783. The van der Waals surface area contributed by atoms with Gasteiger partial charge in [-0.25, -0.2) is 4.79 Å². The summed E-state index contributed by atoms with van der Waals surface area (Å²) in [7, 11) is -3.98. The van der Waals surface area contributed by atoms with E-state index in [0.717, 1.165) is 0 Å². The van der Waals surface area contributed by atoms with Crippen molar-refractivity contribution in [1.82, 2.24) is 18.9 Å². The molecule has 11 heteroatoms. The highest BCUT2D eigenvalue weighted by atomic mass is 32.2. The zero-order valence-electron chi connectivity index (χ0n) is 22.6. The number of fused-ring (bicyclic) bond motifs is 1. The molecule has 0 bridgehead atoms. The Morgan fingerprint density at radius 3 is 2.24 bits per heavy atom. The number of hydrogen-bond acceptors (Lipinski definition) is 7. The molecule has 0 amide bonds. The first-order chi connectivity index (χ1) is 15.5. The second-order valence-electron chi connectivity index (χ2n) is 12.2. The number of imidazole rings is 1. The third-order valence-corrected chi connectivity index (χ3v) is 17.4. The van der Waals surface area contributed by atoms with Gasteiger partial charge in [-0.1, -0.05) is 53.3 Å². The van der Waals surface area contributed by atoms with Crippen LogP contribution in [0.25, 0.3) is 5.78 Å². The summed E-state index contributed by atoms with van der Waals surface area (Å²) in [5.74, 6) is 0.534. The van der Waals surface area contributed by atoms with Crippen LogP contribution in [0.3, 0.4) is 0 Å². The SMILES string of the molecule is CSc1nc(=O)nc2n([C@H]3CC(O[Si](C)(C)C(C)(C)C)[C@@H](CO[Si](C)(C)C(C)(C)C)O3)ccn12. The molecule has 0 saturated carbocycles. The highest BCUT2D eigenvalue weighted by molar-refractivity contribution is 7.98. The maximum absolute atomic E-state index is 12.1. The first-order valence-electron chi connectivity index (χ1n) is 12.0. The van der Waals surface area contributed by atoms with Gasteiger partial charge in [0.1, 0.15) is 12.3 Å². The number of ether oxygens (including phenoxy) is 1. The molecule has 3 rings (SSSR count). The van der Waals surface area contributed by atoms with Gasteiger partial charge in [-0.3, -0.25) is 8.97 Å². The standard InChI is InChI=1S/C23H42N4O4SSi2/c1-22(2,3)33(8,9)29-15-17-16(31-34(10,11)23(4,5)6)14-18(30-17)26-12-13-27-20(26)24-19(28)25-21(27)32-7/h12-13,16-18H,14-15H2,1-11H3/t16?,17-,18-/m1/s1. The van der Waals surface area contributed by atoms with Crippen molar-refractivity contribution in [1.29, 1.82) is 0 Å². The highest BCUT2D eigenvalue weighted by Crippen LogP contribution is 2.42. The summed E-state index contributed by atoms with van der Waals surface area (Å²) in [5.41, 5.74) is -0.491. The molecule has 2 aromatic heterocycles. The molecule has 0 aliphatic carbocycles. The van der Waals surface area contributed by atoms with Gasteiger partial charge >= 0.3 is 5.69 Å². The molecular weight excluding hydrogens is 485 g/mol. The predicted molar refractivity (Wildman–Crippen MR) is 143 cm³/mol. The Bertz CT molecular complexity index is 1070.